The molecule has 53 heavy (non-hydrogen) atoms. The molecule has 0 bridgehead atoms. The first kappa shape index (κ1) is 43.6. The second-order valence-electron chi connectivity index (χ2n) is 14.9. The van der Waals surface area contributed by atoms with Crippen molar-refractivity contribution in [3.63, 3.8) is 0 Å². The Morgan fingerprint density at radius 1 is 0.792 bits per heavy atom. The van der Waals surface area contributed by atoms with Gasteiger partial charge in [0.2, 0.25) is 11.8 Å². The normalized spacial score (nSPS) is 17.2. The number of esters is 2. The van der Waals surface area contributed by atoms with E-state index in [1.807, 2.05) is 88.4 Å². The molecule has 1 heterocycles. The van der Waals surface area contributed by atoms with E-state index in [9.17, 15) is 29.2 Å². The average Bonchev–Trinajstić information content (AvgIpc) is 3.10. The van der Waals surface area contributed by atoms with Crippen LogP contribution in [0.3, 0.4) is 0 Å². The van der Waals surface area contributed by atoms with Gasteiger partial charge in [-0.3, -0.25) is 19.2 Å². The van der Waals surface area contributed by atoms with Gasteiger partial charge in [0.1, 0.15) is 17.9 Å². The van der Waals surface area contributed by atoms with Crippen LogP contribution in [-0.2, 0) is 51.5 Å². The predicted octanol–water partition coefficient (Wildman–Crippen LogP) is 4.37. The molecule has 1 fully saturated rings. The number of unbranched alkanes of at least 4 members (excludes halogenated alkanes) is 1. The van der Waals surface area contributed by atoms with Crippen molar-refractivity contribution in [2.24, 2.45) is 0 Å². The molecule has 0 aliphatic carbocycles. The number of piperidine rings is 1. The summed E-state index contributed by atoms with van der Waals surface area (Å²) in [5, 5.41) is 21.9. The van der Waals surface area contributed by atoms with Crippen molar-refractivity contribution in [3.05, 3.63) is 71.8 Å². The zero-order chi connectivity index (χ0) is 39.0. The Bertz CT molecular complexity index is 1470. The van der Waals surface area contributed by atoms with E-state index in [1.54, 1.807) is 7.05 Å². The highest BCUT2D eigenvalue weighted by atomic mass is 32.2. The Labute approximate surface area is 318 Å². The summed E-state index contributed by atoms with van der Waals surface area (Å²) in [5.74, 6) is -1.49. The summed E-state index contributed by atoms with van der Waals surface area (Å²) in [7, 11) is 1.71. The molecular formula is C40H57N4O8S. The number of hydroxylamine groups is 2. The van der Waals surface area contributed by atoms with Crippen LogP contribution in [0.4, 0.5) is 0 Å². The largest absolute Gasteiger partial charge is 0.465 e. The number of rotatable bonds is 21. The van der Waals surface area contributed by atoms with Crippen molar-refractivity contribution in [1.29, 1.82) is 0 Å². The van der Waals surface area contributed by atoms with Crippen LogP contribution >= 0.6 is 11.8 Å². The molecule has 0 saturated carbocycles. The van der Waals surface area contributed by atoms with Crippen LogP contribution < -0.4 is 16.0 Å². The number of Topliss-reactive ketones (excluding diaryl/α,β-unsaturated/α-hetero) is 1. The molecule has 1 saturated heterocycles. The number of carbonyl (C=O) groups excluding carboxylic acids is 5. The van der Waals surface area contributed by atoms with Gasteiger partial charge in [-0.2, -0.15) is 0 Å². The van der Waals surface area contributed by atoms with Crippen LogP contribution in [0.15, 0.2) is 60.7 Å². The predicted molar refractivity (Wildman–Crippen MR) is 204 cm³/mol. The van der Waals surface area contributed by atoms with Crippen LogP contribution in [-0.4, -0.2) is 95.1 Å². The van der Waals surface area contributed by atoms with Crippen LogP contribution in [0.1, 0.15) is 84.3 Å². The topological polar surface area (TPSA) is 163 Å². The van der Waals surface area contributed by atoms with Crippen LogP contribution in [0.2, 0.25) is 0 Å². The number of nitrogens with zero attached hydrogens (tertiary/aromatic N) is 1. The van der Waals surface area contributed by atoms with E-state index in [0.717, 1.165) is 16.2 Å². The third-order valence-electron chi connectivity index (χ3n) is 9.27. The molecule has 1 radical (unpaired) electrons. The molecule has 3 N–H and O–H groups in total. The third-order valence-corrected chi connectivity index (χ3v) is 10.6. The molecule has 3 atom stereocenters. The summed E-state index contributed by atoms with van der Waals surface area (Å²) in [6, 6.07) is 17.3. The summed E-state index contributed by atoms with van der Waals surface area (Å²) >= 11 is 1.23. The lowest BCUT2D eigenvalue weighted by atomic mass is 9.79. The lowest BCUT2D eigenvalue weighted by Crippen LogP contribution is -2.62. The van der Waals surface area contributed by atoms with E-state index in [4.69, 9.17) is 9.47 Å². The number of hydrogen-bond acceptors (Lipinski definition) is 10. The minimum atomic E-state index is -0.977. The van der Waals surface area contributed by atoms with Gasteiger partial charge in [-0.05, 0) is 84.9 Å². The average molecular weight is 754 g/mol. The number of hydrogen-bond donors (Lipinski definition) is 3. The number of likely N-dealkylation sites (N-methyl/N-ethyl adjacent to an activating group) is 1. The number of thioether (sulfide) groups is 1. The quantitative estimate of drug-likeness (QED) is 0.123. The fourth-order valence-electron chi connectivity index (χ4n) is 6.65. The van der Waals surface area contributed by atoms with E-state index in [0.29, 0.717) is 37.9 Å². The van der Waals surface area contributed by atoms with Gasteiger partial charge in [0.15, 0.2) is 0 Å². The third kappa shape index (κ3) is 14.9. The number of carbonyl (C=O) groups is 5. The molecule has 3 unspecified atom stereocenters. The highest BCUT2D eigenvalue weighted by Gasteiger charge is 2.46. The number of ketones is 1. The van der Waals surface area contributed by atoms with Gasteiger partial charge in [-0.15, -0.1) is 22.0 Å². The highest BCUT2D eigenvalue weighted by Crippen LogP contribution is 2.37. The minimum Gasteiger partial charge on any atom is -0.465 e. The second-order valence-corrected chi connectivity index (χ2v) is 16.2. The van der Waals surface area contributed by atoms with Crippen molar-refractivity contribution >= 4 is 41.3 Å². The summed E-state index contributed by atoms with van der Waals surface area (Å²) in [4.78, 5) is 64.2. The minimum absolute atomic E-state index is 0.0794. The molecule has 291 valence electrons. The molecule has 3 rings (SSSR count). The van der Waals surface area contributed by atoms with Gasteiger partial charge in [0.25, 0.3) is 0 Å². The first-order valence-electron chi connectivity index (χ1n) is 18.4. The Hall–Kier alpha value is -3.78. The van der Waals surface area contributed by atoms with E-state index >= 15 is 0 Å². The fourth-order valence-corrected chi connectivity index (χ4v) is 7.74. The monoisotopic (exact) mass is 753 g/mol. The van der Waals surface area contributed by atoms with Gasteiger partial charge in [0, 0.05) is 42.1 Å². The fraction of sp³-hybridized carbons (Fsp3) is 0.575. The zero-order valence-electron chi connectivity index (χ0n) is 32.0. The summed E-state index contributed by atoms with van der Waals surface area (Å²) in [6.07, 6.45) is 2.71. The van der Waals surface area contributed by atoms with Gasteiger partial charge in [0.05, 0.1) is 18.5 Å². The van der Waals surface area contributed by atoms with Crippen LogP contribution in [0.25, 0.3) is 0 Å². The van der Waals surface area contributed by atoms with E-state index in [2.05, 4.69) is 16.0 Å². The Morgan fingerprint density at radius 3 is 1.77 bits per heavy atom. The van der Waals surface area contributed by atoms with Gasteiger partial charge in [-0.25, -0.2) is 4.79 Å². The number of ether oxygens (including phenoxy) is 2. The Balaban J connectivity index is 1.45. The van der Waals surface area contributed by atoms with Crippen molar-refractivity contribution in [3.8, 4) is 0 Å². The van der Waals surface area contributed by atoms with Gasteiger partial charge >= 0.3 is 11.9 Å². The number of benzene rings is 2. The number of amides is 2. The maximum Gasteiger partial charge on any atom is 0.328 e. The molecule has 0 spiro atoms. The van der Waals surface area contributed by atoms with Crippen molar-refractivity contribution in [1.82, 2.24) is 21.0 Å². The van der Waals surface area contributed by atoms with Gasteiger partial charge in [-0.1, -0.05) is 60.7 Å². The molecule has 2 aromatic carbocycles. The van der Waals surface area contributed by atoms with E-state index < -0.39 is 40.3 Å². The van der Waals surface area contributed by atoms with Crippen LogP contribution in [0, 0.1) is 0 Å². The standard InChI is InChI=1S/C40H57N4O8S/c1-28(45)34(53-22-19-35(46)42-31-26-39(2,3)44(50)40(4,5)27-31)25-36(47)43-33(24-30-17-11-8-12-18-30)38(49)52-21-14-13-20-51-37(48)32(41-6)23-29-15-9-7-10-16-29/h7-12,15-18,31-34,41H,13-14,19-27H2,1-6H3,(H,42,46)(H,43,47). The number of nitrogens with one attached hydrogen (secondary N) is 3. The molecule has 2 amide bonds. The SMILES string of the molecule is CNC(Cc1ccccc1)C(=O)OCCCCOC(=O)C(Cc1ccccc1)NC(=O)CC(SCCC(=O)NC1CC(C)(C)N([O])C(C)(C)C1)C(C)=O. The first-order chi connectivity index (χ1) is 25.1. The molecule has 13 heteroatoms. The molecule has 1 aliphatic heterocycles. The smallest absolute Gasteiger partial charge is 0.328 e. The molecule has 12 nitrogen and oxygen atoms in total. The Morgan fingerprint density at radius 2 is 1.28 bits per heavy atom. The molecule has 2 aromatic rings. The van der Waals surface area contributed by atoms with E-state index in [-0.39, 0.29) is 56.2 Å². The van der Waals surface area contributed by atoms with Gasteiger partial charge < -0.3 is 25.4 Å². The highest BCUT2D eigenvalue weighted by molar-refractivity contribution is 8.00. The summed E-state index contributed by atoms with van der Waals surface area (Å²) in [6.45, 7) is 9.15. The maximum absolute atomic E-state index is 13.2. The lowest BCUT2D eigenvalue weighted by Gasteiger charge is -2.50. The maximum atomic E-state index is 13.2. The lowest BCUT2D eigenvalue weighted by molar-refractivity contribution is -0.290. The second kappa shape index (κ2) is 21.2. The zero-order valence-corrected chi connectivity index (χ0v) is 32.8. The summed E-state index contributed by atoms with van der Waals surface area (Å²) < 4.78 is 11.0. The van der Waals surface area contributed by atoms with E-state index in [1.165, 1.54) is 18.7 Å². The first-order valence-corrected chi connectivity index (χ1v) is 19.4. The molecular weight excluding hydrogens is 697 g/mol. The van der Waals surface area contributed by atoms with Crippen molar-refractivity contribution in [2.45, 2.75) is 120 Å². The molecule has 0 aromatic heterocycles. The van der Waals surface area contributed by atoms with Crippen molar-refractivity contribution < 1.29 is 38.7 Å². The Kier molecular flexibility index (Phi) is 17.4. The molecule has 1 aliphatic rings. The summed E-state index contributed by atoms with van der Waals surface area (Å²) in [5.41, 5.74) is 0.629. The van der Waals surface area contributed by atoms with Crippen LogP contribution in [0.5, 0.6) is 0 Å². The van der Waals surface area contributed by atoms with Crippen molar-refractivity contribution in [2.75, 3.05) is 26.0 Å².